The third-order valence-corrected chi connectivity index (χ3v) is 1.79. The molecule has 0 spiro atoms. The molecule has 0 unspecified atom stereocenters. The van der Waals surface area contributed by atoms with Crippen molar-refractivity contribution in [2.24, 2.45) is 17.2 Å². The van der Waals surface area contributed by atoms with Crippen LogP contribution in [0.15, 0.2) is 24.3 Å². The van der Waals surface area contributed by atoms with Gasteiger partial charge in [0.25, 0.3) is 0 Å². The minimum atomic E-state index is 0.812. The number of nitrogens with one attached hydrogen (secondary N) is 1. The summed E-state index contributed by atoms with van der Waals surface area (Å²) < 4.78 is 0. The standard InChI is InChI=1S/C9H10N2.3CH5N/c10-8-4-3-7-2-1-5-11-9(7)6-8;3*1-2/h1-4,6,11H,5,10H2;3*2H2,1H3. The Morgan fingerprint density at radius 1 is 1.00 bits per heavy atom. The summed E-state index contributed by atoms with van der Waals surface area (Å²) in [5, 5.41) is 3.24. The van der Waals surface area contributed by atoms with Crippen molar-refractivity contribution >= 4 is 17.5 Å². The lowest BCUT2D eigenvalue weighted by Gasteiger charge is -2.12. The molecule has 1 aliphatic heterocycles. The first-order valence-electron chi connectivity index (χ1n) is 5.39. The van der Waals surface area contributed by atoms with Crippen LogP contribution in [0, 0.1) is 0 Å². The lowest BCUT2D eigenvalue weighted by molar-refractivity contribution is 1.31. The van der Waals surface area contributed by atoms with Gasteiger partial charge >= 0.3 is 0 Å². The van der Waals surface area contributed by atoms with Crippen LogP contribution in [0.2, 0.25) is 0 Å². The molecule has 98 valence electrons. The van der Waals surface area contributed by atoms with E-state index in [0.717, 1.165) is 17.9 Å². The van der Waals surface area contributed by atoms with Crippen LogP contribution in [0.1, 0.15) is 5.56 Å². The Bertz CT molecular complexity index is 310. The summed E-state index contributed by atoms with van der Waals surface area (Å²) in [5.41, 5.74) is 22.3. The molecule has 0 atom stereocenters. The fourth-order valence-electron chi connectivity index (χ4n) is 1.23. The highest BCUT2D eigenvalue weighted by Gasteiger charge is 2.01. The van der Waals surface area contributed by atoms with Gasteiger partial charge in [-0.25, -0.2) is 0 Å². The molecule has 1 heterocycles. The van der Waals surface area contributed by atoms with E-state index in [1.165, 1.54) is 26.7 Å². The third kappa shape index (κ3) is 6.57. The summed E-state index contributed by atoms with van der Waals surface area (Å²) in [5.74, 6) is 0. The Hall–Kier alpha value is -1.56. The fraction of sp³-hybridized carbons (Fsp3) is 0.333. The normalized spacial score (nSPS) is 10.0. The number of nitrogen functional groups attached to an aromatic ring is 1. The highest BCUT2D eigenvalue weighted by atomic mass is 14.9. The highest BCUT2D eigenvalue weighted by molar-refractivity contribution is 5.73. The van der Waals surface area contributed by atoms with Crippen LogP contribution in [0.25, 0.3) is 6.08 Å². The van der Waals surface area contributed by atoms with Gasteiger partial charge < -0.3 is 28.3 Å². The lowest BCUT2D eigenvalue weighted by atomic mass is 10.1. The van der Waals surface area contributed by atoms with Crippen molar-refractivity contribution in [3.8, 4) is 0 Å². The summed E-state index contributed by atoms with van der Waals surface area (Å²) in [6.45, 7) is 0.899. The second-order valence-corrected chi connectivity index (χ2v) is 2.63. The number of benzene rings is 1. The number of hydrogen-bond acceptors (Lipinski definition) is 5. The summed E-state index contributed by atoms with van der Waals surface area (Å²) in [4.78, 5) is 0. The molecule has 1 aromatic carbocycles. The molecule has 0 saturated heterocycles. The van der Waals surface area contributed by atoms with E-state index in [0.29, 0.717) is 0 Å². The van der Waals surface area contributed by atoms with Crippen molar-refractivity contribution in [2.75, 3.05) is 38.7 Å². The Morgan fingerprint density at radius 3 is 2.18 bits per heavy atom. The molecule has 0 aromatic heterocycles. The summed E-state index contributed by atoms with van der Waals surface area (Å²) in [6, 6.07) is 5.89. The van der Waals surface area contributed by atoms with Crippen molar-refractivity contribution in [3.05, 3.63) is 29.8 Å². The van der Waals surface area contributed by atoms with Gasteiger partial charge in [0, 0.05) is 17.9 Å². The molecule has 0 bridgehead atoms. The highest BCUT2D eigenvalue weighted by Crippen LogP contribution is 2.22. The van der Waals surface area contributed by atoms with Gasteiger partial charge in [-0.05, 0) is 38.8 Å². The molecule has 2 rings (SSSR count). The molecule has 0 fully saturated rings. The maximum atomic E-state index is 5.62. The molecular weight excluding hydrogens is 214 g/mol. The van der Waals surface area contributed by atoms with Gasteiger partial charge in [-0.2, -0.15) is 0 Å². The van der Waals surface area contributed by atoms with Crippen LogP contribution in [0.4, 0.5) is 11.4 Å². The predicted octanol–water partition coefficient (Wildman–Crippen LogP) is 0.432. The van der Waals surface area contributed by atoms with Crippen LogP contribution < -0.4 is 28.3 Å². The van der Waals surface area contributed by atoms with Crippen molar-refractivity contribution in [2.45, 2.75) is 0 Å². The summed E-state index contributed by atoms with van der Waals surface area (Å²) in [6.07, 6.45) is 4.20. The van der Waals surface area contributed by atoms with E-state index in [1.807, 2.05) is 18.2 Å². The second kappa shape index (κ2) is 12.5. The molecule has 1 aromatic rings. The van der Waals surface area contributed by atoms with Gasteiger partial charge in [0.05, 0.1) is 0 Å². The topological polar surface area (TPSA) is 116 Å². The number of hydrogen-bond donors (Lipinski definition) is 5. The van der Waals surface area contributed by atoms with Crippen LogP contribution in [-0.4, -0.2) is 27.7 Å². The number of rotatable bonds is 0. The zero-order valence-electron chi connectivity index (χ0n) is 10.9. The number of anilines is 2. The molecule has 0 aliphatic carbocycles. The Kier molecular flexibility index (Phi) is 13.1. The summed E-state index contributed by atoms with van der Waals surface area (Å²) in [7, 11) is 4.50. The molecule has 5 heteroatoms. The first-order valence-corrected chi connectivity index (χ1v) is 5.39. The van der Waals surface area contributed by atoms with E-state index in [4.69, 9.17) is 5.73 Å². The van der Waals surface area contributed by atoms with Gasteiger partial charge in [-0.15, -0.1) is 0 Å². The van der Waals surface area contributed by atoms with E-state index in [-0.39, 0.29) is 0 Å². The molecule has 17 heavy (non-hydrogen) atoms. The minimum Gasteiger partial charge on any atom is -0.399 e. The number of nitrogens with two attached hydrogens (primary N) is 4. The quantitative estimate of drug-likeness (QED) is 0.421. The first kappa shape index (κ1) is 17.8. The zero-order valence-corrected chi connectivity index (χ0v) is 10.9. The monoisotopic (exact) mass is 239 g/mol. The van der Waals surface area contributed by atoms with Crippen LogP contribution in [-0.2, 0) is 0 Å². The van der Waals surface area contributed by atoms with Gasteiger partial charge in [0.2, 0.25) is 0 Å². The van der Waals surface area contributed by atoms with Crippen molar-refractivity contribution < 1.29 is 0 Å². The fourth-order valence-corrected chi connectivity index (χ4v) is 1.23. The van der Waals surface area contributed by atoms with E-state index in [1.54, 1.807) is 0 Å². The summed E-state index contributed by atoms with van der Waals surface area (Å²) >= 11 is 0. The molecule has 5 nitrogen and oxygen atoms in total. The average molecular weight is 239 g/mol. The smallest absolute Gasteiger partial charge is 0.0436 e. The SMILES string of the molecule is CN.CN.CN.Nc1ccc2c(c1)NCC=C2. The first-order chi connectivity index (χ1) is 8.36. The molecule has 9 N–H and O–H groups in total. The average Bonchev–Trinajstić information content (AvgIpc) is 2.45. The lowest BCUT2D eigenvalue weighted by Crippen LogP contribution is -2.04. The Balaban J connectivity index is 0. The second-order valence-electron chi connectivity index (χ2n) is 2.63. The Morgan fingerprint density at radius 2 is 1.59 bits per heavy atom. The molecule has 0 saturated carbocycles. The molecule has 1 aliphatic rings. The molecule has 0 amide bonds. The van der Waals surface area contributed by atoms with Gasteiger partial charge in [-0.1, -0.05) is 18.2 Å². The van der Waals surface area contributed by atoms with Crippen LogP contribution in [0.5, 0.6) is 0 Å². The zero-order chi connectivity index (χ0) is 13.7. The van der Waals surface area contributed by atoms with Crippen LogP contribution >= 0.6 is 0 Å². The van der Waals surface area contributed by atoms with Crippen molar-refractivity contribution in [1.82, 2.24) is 0 Å². The van der Waals surface area contributed by atoms with E-state index >= 15 is 0 Å². The van der Waals surface area contributed by atoms with Crippen LogP contribution in [0.3, 0.4) is 0 Å². The molecular formula is C12H25N5. The minimum absolute atomic E-state index is 0.812. The van der Waals surface area contributed by atoms with Crippen molar-refractivity contribution in [1.29, 1.82) is 0 Å². The predicted molar refractivity (Wildman–Crippen MR) is 78.7 cm³/mol. The van der Waals surface area contributed by atoms with E-state index in [9.17, 15) is 0 Å². The van der Waals surface area contributed by atoms with Crippen molar-refractivity contribution in [3.63, 3.8) is 0 Å². The van der Waals surface area contributed by atoms with Gasteiger partial charge in [0.15, 0.2) is 0 Å². The van der Waals surface area contributed by atoms with E-state index < -0.39 is 0 Å². The largest absolute Gasteiger partial charge is 0.399 e. The van der Waals surface area contributed by atoms with Gasteiger partial charge in [0.1, 0.15) is 0 Å². The third-order valence-electron chi connectivity index (χ3n) is 1.79. The number of fused-ring (bicyclic) bond motifs is 1. The maximum Gasteiger partial charge on any atom is 0.0436 e. The Labute approximate surface area is 104 Å². The van der Waals surface area contributed by atoms with E-state index in [2.05, 4.69) is 34.7 Å². The maximum absolute atomic E-state index is 5.62. The van der Waals surface area contributed by atoms with Gasteiger partial charge in [-0.3, -0.25) is 0 Å². The molecule has 0 radical (unpaired) electrons.